The molecule has 45 nitrogen and oxygen atoms in total. The summed E-state index contributed by atoms with van der Waals surface area (Å²) in [7, 11) is 0. The molecule has 5 aromatic heterocycles. The number of aliphatic carboxylic acids is 1. The predicted octanol–water partition coefficient (Wildman–Crippen LogP) is 8.79. The van der Waals surface area contributed by atoms with E-state index in [1.54, 1.807) is 83.1 Å². The van der Waals surface area contributed by atoms with Gasteiger partial charge in [-0.15, -0.1) is 0 Å². The molecule has 11 rings (SSSR count). The van der Waals surface area contributed by atoms with E-state index in [0.29, 0.717) is 19.8 Å². The maximum atomic E-state index is 13.5. The third-order valence-electron chi connectivity index (χ3n) is 19.8. The number of aromatic carboxylic acids is 3. The number of ether oxygens (including phenoxy) is 12. The van der Waals surface area contributed by atoms with E-state index < -0.39 is 102 Å². The van der Waals surface area contributed by atoms with Crippen molar-refractivity contribution in [1.29, 1.82) is 0 Å². The number of halogens is 1. The maximum Gasteiger partial charge on any atom is 1.00 e. The van der Waals surface area contributed by atoms with Crippen LogP contribution >= 0.6 is 15.9 Å². The Kier molecular flexibility index (Phi) is 55.9. The number of aromatic nitrogens is 10. The Morgan fingerprint density at radius 3 is 1.08 bits per heavy atom. The average molecular weight is 2090 g/mol. The van der Waals surface area contributed by atoms with Crippen LogP contribution < -0.4 is 35.2 Å². The number of esters is 9. The number of alkyl halides is 1. The summed E-state index contributed by atoms with van der Waals surface area (Å²) in [5.74, 6) is -11.5. The van der Waals surface area contributed by atoms with E-state index >= 15 is 0 Å². The molecule has 3 fully saturated rings. The van der Waals surface area contributed by atoms with Gasteiger partial charge in [0.25, 0.3) is 5.91 Å². The normalized spacial score (nSPS) is 15.5. The molecule has 3 aromatic carbocycles. The third-order valence-corrected chi connectivity index (χ3v) is 20.2. The number of nitrogens with one attached hydrogen (secondary N) is 3. The summed E-state index contributed by atoms with van der Waals surface area (Å²) >= 11 is 2.99. The molecular formula is C98H133BrLiN13O32. The van der Waals surface area contributed by atoms with Crippen LogP contribution in [0.3, 0.4) is 0 Å². The molecule has 0 bridgehead atoms. The van der Waals surface area contributed by atoms with Crippen LogP contribution in [0.25, 0.3) is 0 Å². The van der Waals surface area contributed by atoms with E-state index in [0.717, 1.165) is 102 Å². The van der Waals surface area contributed by atoms with E-state index in [1.807, 2.05) is 99.6 Å². The monoisotopic (exact) mass is 2090 g/mol. The Morgan fingerprint density at radius 2 is 0.710 bits per heavy atom. The molecule has 0 saturated heterocycles. The molecule has 0 unspecified atom stereocenters. The second-order valence-electron chi connectivity index (χ2n) is 34.8. The average Bonchev–Trinajstić information content (AvgIpc) is 1.68. The number of nitrogens with two attached hydrogens (primary N) is 1. The number of carboxylic acid groups (broad SMARTS) is 4. The Balaban J connectivity index is 0.000000459. The number of carbonyl (C=O) groups excluding carboxylic acids is 11. The van der Waals surface area contributed by atoms with Crippen LogP contribution in [0.1, 0.15) is 302 Å². The number of H-pyrrole nitrogens is 1. The van der Waals surface area contributed by atoms with Crippen LogP contribution in [0.4, 0.5) is 0 Å². The van der Waals surface area contributed by atoms with Crippen molar-refractivity contribution < 1.29 is 174 Å². The van der Waals surface area contributed by atoms with Crippen LogP contribution in [0.5, 0.6) is 0 Å². The fourth-order valence-corrected chi connectivity index (χ4v) is 13.8. The van der Waals surface area contributed by atoms with Crippen molar-refractivity contribution in [1.82, 2.24) is 60.0 Å². The molecule has 145 heavy (non-hydrogen) atoms. The van der Waals surface area contributed by atoms with Gasteiger partial charge in [0, 0.05) is 36.4 Å². The minimum atomic E-state index is -1.37. The Labute approximate surface area is 859 Å². The first-order valence-corrected chi connectivity index (χ1v) is 47.7. The second-order valence-corrected chi connectivity index (χ2v) is 35.3. The number of hydrogen-bond donors (Lipinski definition) is 8. The summed E-state index contributed by atoms with van der Waals surface area (Å²) in [6.45, 7) is 26.8. The first-order valence-electron chi connectivity index (χ1n) is 46.6. The fraction of sp³-hybridized carbons (Fsp3) is 0.510. The van der Waals surface area contributed by atoms with E-state index in [9.17, 15) is 77.0 Å². The van der Waals surface area contributed by atoms with Gasteiger partial charge in [-0.2, -0.15) is 25.5 Å². The van der Waals surface area contributed by atoms with Crippen LogP contribution in [-0.4, -0.2) is 263 Å². The number of carbonyl (C=O) groups is 15. The van der Waals surface area contributed by atoms with Crippen molar-refractivity contribution in [2.75, 3.05) is 45.0 Å². The van der Waals surface area contributed by atoms with Gasteiger partial charge in [0.15, 0.2) is 28.5 Å². The van der Waals surface area contributed by atoms with Crippen LogP contribution in [0.15, 0.2) is 121 Å². The minimum Gasteiger partial charge on any atom is -0.870 e. The van der Waals surface area contributed by atoms with Crippen LogP contribution in [0, 0.1) is 0 Å². The molecule has 8 aromatic rings. The number of rotatable bonds is 36. The van der Waals surface area contributed by atoms with E-state index in [2.05, 4.69) is 74.0 Å². The summed E-state index contributed by atoms with van der Waals surface area (Å²) in [6.07, 6.45) is 11.8. The van der Waals surface area contributed by atoms with Crippen molar-refractivity contribution in [3.63, 3.8) is 0 Å². The molecule has 10 N–H and O–H groups in total. The topological polar surface area (TPSA) is 628 Å². The van der Waals surface area contributed by atoms with E-state index in [4.69, 9.17) is 73.2 Å². The molecule has 0 radical (unpaired) electrons. The number of amides is 2. The molecule has 3 saturated carbocycles. The second kappa shape index (κ2) is 64.4. The SMILES string of the molecule is CC(C)(C)OC(=O)CBr.CCOC(=O)c1cc(C(=O)O)n(CC(=O)O)n1.CCOC(=O)c1cc(C(=O)O)n(CC(=O)OC(C)(C)C)n1.CCOC(=O)c1cc(C(=O)OCC)[nH]n1.CCOC(=O)c1cc(C(=O)OCC)n(CC(=O)OC(C)(C)C)n1.N[C@H]1CCCC[C@@H]1OCc1ccccc1.O=C(Cn1nc(C(=O)O)cc1C(=O)N[C@H]1CCCC[C@@H]1OCc1ccccc1)N[C@H]1CCCC[C@@H]1OCc1ccccc1.[Li+].[OH-]. The van der Waals surface area contributed by atoms with Crippen molar-refractivity contribution >= 4 is 105 Å². The fourth-order valence-electron chi connectivity index (χ4n) is 13.7. The molecule has 2 amide bonds. The smallest absolute Gasteiger partial charge is 0.870 e. The third kappa shape index (κ3) is 46.9. The van der Waals surface area contributed by atoms with Gasteiger partial charge in [0.1, 0.15) is 76.8 Å². The molecule has 3 aliphatic carbocycles. The molecule has 47 heteroatoms. The van der Waals surface area contributed by atoms with Gasteiger partial charge < -0.3 is 99.1 Å². The minimum absolute atomic E-state index is 0. The van der Waals surface area contributed by atoms with Crippen molar-refractivity contribution in [2.45, 2.75) is 280 Å². The van der Waals surface area contributed by atoms with Crippen LogP contribution in [-0.2, 0) is 127 Å². The van der Waals surface area contributed by atoms with Crippen molar-refractivity contribution in [3.8, 4) is 0 Å². The summed E-state index contributed by atoms with van der Waals surface area (Å²) in [4.78, 5) is 174. The number of carboxylic acids is 4. The van der Waals surface area contributed by atoms with Gasteiger partial charge in [-0.3, -0.25) is 33.9 Å². The largest absolute Gasteiger partial charge is 1.00 e. The first kappa shape index (κ1) is 126. The zero-order valence-electron chi connectivity index (χ0n) is 84.6. The standard InChI is InChI=1S/C33H40N4O6.C15H22N2O6.C13H18N2O6.C13H19NO.C9H10N2O6.C9H12N2O4.C6H11BrO2.Li.H2O/c38-31(34-25-15-7-9-17-29(25)42-21-23-11-3-1-4-12-23)20-37-28(19-27(36-37)33(40)41)32(39)35-26-16-8-10-18-30(26)43-22-24-13-5-2-6-14-24;1-6-21-13(19)10-8-11(14(20)22-7-2)17(16-10)9-12(18)23-15(3,4)5;1-5-20-12(19)8-6-9(11(17)18)15(14-8)7-10(16)21-13(2,3)4;14-12-8-4-5-9-13(12)15-10-11-6-2-1-3-7-11;1-2-17-9(16)5-3-6(8(14)15)11(10-5)4-7(12)13;1-3-14-8(12)6-5-7(11-10-6)9(13)15-4-2;1-6(2,3)9-5(8)4-7;;/h1-6,11-14,19,25-26,29-30H,7-10,15-18,20-22H2,(H,34,38)(H,35,39)(H,40,41);8H,6-7,9H2,1-5H3;6H,5,7H2,1-4H3,(H,17,18);1-3,6-7,12-13H,4-5,8-10,14H2;3H,2,4H2,1H3,(H,12,13)(H,14,15);5H,3-4H2,1-2H3,(H,10,11);4H2,1-3H3;;1H2/q;;;;;;;+1;/p-1/t25-,26-,29-,30-;;;12-,13-;;;;;/m0..0...../s1. The van der Waals surface area contributed by atoms with Gasteiger partial charge in [0.2, 0.25) is 5.91 Å². The van der Waals surface area contributed by atoms with E-state index in [-0.39, 0.29) is 193 Å². The molecule has 5 heterocycles. The van der Waals surface area contributed by atoms with Crippen molar-refractivity contribution in [3.05, 3.63) is 195 Å². The van der Waals surface area contributed by atoms with Gasteiger partial charge in [-0.25, -0.2) is 61.9 Å². The number of benzene rings is 3. The number of aromatic amines is 1. The van der Waals surface area contributed by atoms with Gasteiger partial charge >= 0.3 is 96.5 Å². The first-order chi connectivity index (χ1) is 67.7. The Hall–Kier alpha value is -13.4. The summed E-state index contributed by atoms with van der Waals surface area (Å²) in [6, 6.07) is 35.7. The summed E-state index contributed by atoms with van der Waals surface area (Å²) in [5, 5.41) is 63.8. The Morgan fingerprint density at radius 1 is 0.386 bits per heavy atom. The molecule has 0 aliphatic heterocycles. The predicted molar refractivity (Wildman–Crippen MR) is 517 cm³/mol. The van der Waals surface area contributed by atoms with Gasteiger partial charge in [0.05, 0.1) is 89.9 Å². The summed E-state index contributed by atoms with van der Waals surface area (Å²) in [5.41, 5.74) is 6.44. The zero-order chi connectivity index (χ0) is 106. The van der Waals surface area contributed by atoms with Gasteiger partial charge in [-0.05, 0) is 159 Å². The number of nitrogens with zero attached hydrogens (tertiary/aromatic N) is 9. The van der Waals surface area contributed by atoms with E-state index in [1.165, 1.54) is 41.3 Å². The molecule has 0 spiro atoms. The van der Waals surface area contributed by atoms with Gasteiger partial charge in [-0.1, -0.05) is 145 Å². The summed E-state index contributed by atoms with van der Waals surface area (Å²) < 4.78 is 65.8. The van der Waals surface area contributed by atoms with Crippen LogP contribution in [0.2, 0.25) is 0 Å². The molecule has 3 aliphatic rings. The zero-order valence-corrected chi connectivity index (χ0v) is 86.2. The molecule has 6 atom stereocenters. The molecule has 790 valence electrons. The number of hydrogen-bond acceptors (Lipinski definition) is 34. The Bertz CT molecular complexity index is 5420. The quantitative estimate of drug-likeness (QED) is 0.00786. The van der Waals surface area contributed by atoms with Crippen molar-refractivity contribution in [2.24, 2.45) is 5.73 Å². The maximum absolute atomic E-state index is 13.5. The molecular weight excluding hydrogens is 1960 g/mol.